The topological polar surface area (TPSA) is 12.0 Å². The average Bonchev–Trinajstić information content (AvgIpc) is 2.26. The highest BCUT2D eigenvalue weighted by molar-refractivity contribution is 14.1. The molecule has 0 heterocycles. The molecule has 0 aliphatic rings. The molecule has 1 rings (SSSR count). The van der Waals surface area contributed by atoms with E-state index in [2.05, 4.69) is 73.1 Å². The minimum Gasteiger partial charge on any atom is -0.313 e. The van der Waals surface area contributed by atoms with Crippen LogP contribution in [0.25, 0.3) is 0 Å². The molecular weight excluding hydrogens is 309 g/mol. The van der Waals surface area contributed by atoms with E-state index in [0.717, 1.165) is 5.92 Å². The fourth-order valence-corrected chi connectivity index (χ4v) is 2.26. The fourth-order valence-electron chi connectivity index (χ4n) is 1.90. The zero-order valence-electron chi connectivity index (χ0n) is 10.5. The standard InChI is InChI=1S/C14H22IN/c1-11(2)5-4-6-14(16-3)12-7-9-13(15)10-8-12/h7-11,14,16H,4-6H2,1-3H3. The smallest absolute Gasteiger partial charge is 0.0317 e. The molecule has 0 radical (unpaired) electrons. The molecule has 0 aliphatic carbocycles. The van der Waals surface area contributed by atoms with Crippen LogP contribution in [0.2, 0.25) is 0 Å². The lowest BCUT2D eigenvalue weighted by Crippen LogP contribution is -2.16. The summed E-state index contributed by atoms with van der Waals surface area (Å²) in [5.74, 6) is 0.814. The molecule has 0 spiro atoms. The Hall–Kier alpha value is -0.0900. The molecule has 90 valence electrons. The SMILES string of the molecule is CNC(CCCC(C)C)c1ccc(I)cc1. The van der Waals surface area contributed by atoms with Crippen LogP contribution in [0, 0.1) is 9.49 Å². The van der Waals surface area contributed by atoms with Crippen LogP contribution in [-0.2, 0) is 0 Å². The van der Waals surface area contributed by atoms with Crippen LogP contribution >= 0.6 is 22.6 Å². The largest absolute Gasteiger partial charge is 0.313 e. The van der Waals surface area contributed by atoms with Crippen LogP contribution in [0.1, 0.15) is 44.7 Å². The molecule has 0 bridgehead atoms. The maximum absolute atomic E-state index is 3.41. The maximum atomic E-state index is 3.41. The lowest BCUT2D eigenvalue weighted by Gasteiger charge is -2.17. The Labute approximate surface area is 113 Å². The number of rotatable bonds is 6. The van der Waals surface area contributed by atoms with Gasteiger partial charge in [0.1, 0.15) is 0 Å². The van der Waals surface area contributed by atoms with Gasteiger partial charge in [0, 0.05) is 9.61 Å². The third-order valence-corrected chi connectivity index (χ3v) is 3.61. The molecule has 0 aromatic heterocycles. The highest BCUT2D eigenvalue weighted by atomic mass is 127. The van der Waals surface area contributed by atoms with Crippen molar-refractivity contribution in [2.24, 2.45) is 5.92 Å². The Morgan fingerprint density at radius 2 is 1.75 bits per heavy atom. The maximum Gasteiger partial charge on any atom is 0.0317 e. The first-order valence-electron chi connectivity index (χ1n) is 6.06. The molecular formula is C14H22IN. The van der Waals surface area contributed by atoms with Gasteiger partial charge >= 0.3 is 0 Å². The minimum atomic E-state index is 0.510. The molecule has 0 saturated carbocycles. The summed E-state index contributed by atoms with van der Waals surface area (Å²) in [6, 6.07) is 9.35. The van der Waals surface area contributed by atoms with Crippen LogP contribution in [0.3, 0.4) is 0 Å². The van der Waals surface area contributed by atoms with E-state index in [1.165, 1.54) is 28.4 Å². The molecule has 1 atom stereocenters. The Kier molecular flexibility index (Phi) is 6.36. The van der Waals surface area contributed by atoms with E-state index in [1.807, 2.05) is 0 Å². The highest BCUT2D eigenvalue weighted by Gasteiger charge is 2.08. The second-order valence-electron chi connectivity index (χ2n) is 4.72. The monoisotopic (exact) mass is 331 g/mol. The van der Waals surface area contributed by atoms with Crippen LogP contribution in [-0.4, -0.2) is 7.05 Å². The summed E-state index contributed by atoms with van der Waals surface area (Å²) in [6.45, 7) is 4.58. The van der Waals surface area contributed by atoms with E-state index in [0.29, 0.717) is 6.04 Å². The first-order chi connectivity index (χ1) is 7.63. The summed E-state index contributed by atoms with van der Waals surface area (Å²) in [7, 11) is 2.05. The van der Waals surface area contributed by atoms with Crippen molar-refractivity contribution in [1.29, 1.82) is 0 Å². The summed E-state index contributed by atoms with van der Waals surface area (Å²) >= 11 is 2.35. The van der Waals surface area contributed by atoms with E-state index in [9.17, 15) is 0 Å². The van der Waals surface area contributed by atoms with E-state index >= 15 is 0 Å². The quantitative estimate of drug-likeness (QED) is 0.763. The molecule has 1 N–H and O–H groups in total. The van der Waals surface area contributed by atoms with Crippen molar-refractivity contribution in [2.45, 2.75) is 39.2 Å². The van der Waals surface area contributed by atoms with Crippen molar-refractivity contribution in [3.05, 3.63) is 33.4 Å². The predicted molar refractivity (Wildman–Crippen MR) is 79.6 cm³/mol. The second-order valence-corrected chi connectivity index (χ2v) is 5.96. The summed E-state index contributed by atoms with van der Waals surface area (Å²) < 4.78 is 1.30. The van der Waals surface area contributed by atoms with Crippen molar-refractivity contribution >= 4 is 22.6 Å². The van der Waals surface area contributed by atoms with Gasteiger partial charge in [0.05, 0.1) is 0 Å². The number of halogens is 1. The molecule has 0 saturated heterocycles. The number of nitrogens with one attached hydrogen (secondary N) is 1. The molecule has 0 fully saturated rings. The Balaban J connectivity index is 2.50. The molecule has 16 heavy (non-hydrogen) atoms. The fraction of sp³-hybridized carbons (Fsp3) is 0.571. The highest BCUT2D eigenvalue weighted by Crippen LogP contribution is 2.21. The van der Waals surface area contributed by atoms with Gasteiger partial charge in [-0.3, -0.25) is 0 Å². The van der Waals surface area contributed by atoms with E-state index in [1.54, 1.807) is 0 Å². The van der Waals surface area contributed by atoms with Gasteiger partial charge in [0.25, 0.3) is 0 Å². The zero-order valence-corrected chi connectivity index (χ0v) is 12.6. The van der Waals surface area contributed by atoms with Gasteiger partial charge in [0.15, 0.2) is 0 Å². The number of hydrogen-bond acceptors (Lipinski definition) is 1. The molecule has 1 aromatic carbocycles. The first-order valence-corrected chi connectivity index (χ1v) is 7.14. The van der Waals surface area contributed by atoms with Crippen LogP contribution in [0.4, 0.5) is 0 Å². The van der Waals surface area contributed by atoms with Gasteiger partial charge in [0.2, 0.25) is 0 Å². The summed E-state index contributed by atoms with van der Waals surface area (Å²) in [5.41, 5.74) is 1.41. The summed E-state index contributed by atoms with van der Waals surface area (Å²) in [5, 5.41) is 3.41. The van der Waals surface area contributed by atoms with Gasteiger partial charge in [-0.2, -0.15) is 0 Å². The van der Waals surface area contributed by atoms with Crippen molar-refractivity contribution in [3.63, 3.8) is 0 Å². The third-order valence-electron chi connectivity index (χ3n) is 2.90. The predicted octanol–water partition coefficient (Wildman–Crippen LogP) is 4.38. The van der Waals surface area contributed by atoms with E-state index in [4.69, 9.17) is 0 Å². The summed E-state index contributed by atoms with van der Waals surface area (Å²) in [6.07, 6.45) is 3.85. The van der Waals surface area contributed by atoms with E-state index < -0.39 is 0 Å². The molecule has 1 nitrogen and oxygen atoms in total. The average molecular weight is 331 g/mol. The number of hydrogen-bond donors (Lipinski definition) is 1. The first kappa shape index (κ1) is 14.0. The zero-order chi connectivity index (χ0) is 12.0. The van der Waals surface area contributed by atoms with Gasteiger partial charge in [-0.1, -0.05) is 38.8 Å². The summed E-state index contributed by atoms with van der Waals surface area (Å²) in [4.78, 5) is 0. The van der Waals surface area contributed by atoms with Crippen LogP contribution in [0.5, 0.6) is 0 Å². The lowest BCUT2D eigenvalue weighted by atomic mass is 9.98. The Morgan fingerprint density at radius 3 is 2.25 bits per heavy atom. The van der Waals surface area contributed by atoms with E-state index in [-0.39, 0.29) is 0 Å². The Morgan fingerprint density at radius 1 is 1.12 bits per heavy atom. The van der Waals surface area contributed by atoms with Gasteiger partial charge in [-0.15, -0.1) is 0 Å². The van der Waals surface area contributed by atoms with Crippen molar-refractivity contribution < 1.29 is 0 Å². The molecule has 1 aromatic rings. The molecule has 0 aliphatic heterocycles. The molecule has 2 heteroatoms. The number of benzene rings is 1. The van der Waals surface area contributed by atoms with Crippen molar-refractivity contribution in [2.75, 3.05) is 7.05 Å². The minimum absolute atomic E-state index is 0.510. The lowest BCUT2D eigenvalue weighted by molar-refractivity contribution is 0.470. The van der Waals surface area contributed by atoms with Crippen LogP contribution < -0.4 is 5.32 Å². The van der Waals surface area contributed by atoms with Gasteiger partial charge in [-0.05, 0) is 59.7 Å². The molecule has 1 unspecified atom stereocenters. The molecule has 0 amide bonds. The van der Waals surface area contributed by atoms with Gasteiger partial charge in [-0.25, -0.2) is 0 Å². The second kappa shape index (κ2) is 7.28. The van der Waals surface area contributed by atoms with Crippen LogP contribution in [0.15, 0.2) is 24.3 Å². The normalized spacial score (nSPS) is 13.1. The van der Waals surface area contributed by atoms with Gasteiger partial charge < -0.3 is 5.32 Å². The van der Waals surface area contributed by atoms with Crippen molar-refractivity contribution in [3.8, 4) is 0 Å². The van der Waals surface area contributed by atoms with Crippen molar-refractivity contribution in [1.82, 2.24) is 5.32 Å². The Bertz CT molecular complexity index is 292. The third kappa shape index (κ3) is 4.83.